The summed E-state index contributed by atoms with van der Waals surface area (Å²) in [5.74, 6) is -0.424. The molecule has 0 spiro atoms. The van der Waals surface area contributed by atoms with E-state index in [-0.39, 0.29) is 24.9 Å². The third-order valence-corrected chi connectivity index (χ3v) is 7.09. The summed E-state index contributed by atoms with van der Waals surface area (Å²) >= 11 is 6.17. The highest BCUT2D eigenvalue weighted by Crippen LogP contribution is 2.15. The van der Waals surface area contributed by atoms with Gasteiger partial charge in [0, 0.05) is 30.2 Å². The fourth-order valence-electron chi connectivity index (χ4n) is 4.66. The van der Waals surface area contributed by atoms with E-state index in [2.05, 4.69) is 5.32 Å². The van der Waals surface area contributed by atoms with Crippen molar-refractivity contribution in [3.05, 3.63) is 115 Å². The molecule has 1 heterocycles. The normalized spacial score (nSPS) is 11.0. The second kappa shape index (κ2) is 13.3. The Bertz CT molecular complexity index is 1620. The Morgan fingerprint density at radius 2 is 1.50 bits per heavy atom. The molecule has 0 radical (unpaired) electrons. The van der Waals surface area contributed by atoms with Crippen molar-refractivity contribution in [1.82, 2.24) is 19.4 Å². The van der Waals surface area contributed by atoms with Crippen LogP contribution in [0.5, 0.6) is 0 Å². The van der Waals surface area contributed by atoms with E-state index in [9.17, 15) is 19.2 Å². The highest BCUT2D eigenvalue weighted by atomic mass is 35.5. The van der Waals surface area contributed by atoms with Crippen LogP contribution in [0.3, 0.4) is 0 Å². The lowest BCUT2D eigenvalue weighted by atomic mass is 10.1. The Hall–Kier alpha value is -4.17. The van der Waals surface area contributed by atoms with E-state index >= 15 is 0 Å². The molecule has 1 aromatic heterocycles. The van der Waals surface area contributed by atoms with Crippen LogP contribution >= 0.6 is 11.6 Å². The van der Waals surface area contributed by atoms with Crippen molar-refractivity contribution in [2.75, 3.05) is 13.1 Å². The molecular formula is C31H33ClN4O4. The first kappa shape index (κ1) is 28.8. The summed E-state index contributed by atoms with van der Waals surface area (Å²) in [5.41, 5.74) is 1.38. The van der Waals surface area contributed by atoms with Crippen LogP contribution in [-0.4, -0.2) is 38.9 Å². The van der Waals surface area contributed by atoms with Crippen molar-refractivity contribution in [3.8, 4) is 0 Å². The molecule has 0 aliphatic carbocycles. The predicted molar refractivity (Wildman–Crippen MR) is 158 cm³/mol. The Balaban J connectivity index is 1.58. The molecule has 0 atom stereocenters. The van der Waals surface area contributed by atoms with Crippen molar-refractivity contribution in [2.24, 2.45) is 0 Å². The number of amides is 2. The number of hydrogen-bond acceptors (Lipinski definition) is 4. The predicted octanol–water partition coefficient (Wildman–Crippen LogP) is 4.44. The van der Waals surface area contributed by atoms with E-state index in [0.717, 1.165) is 23.0 Å². The lowest BCUT2D eigenvalue weighted by Crippen LogP contribution is -2.44. The molecule has 1 N–H and O–H groups in total. The summed E-state index contributed by atoms with van der Waals surface area (Å²) in [6.07, 6.45) is 1.63. The number of hydrogen-bond donors (Lipinski definition) is 1. The average Bonchev–Trinajstić information content (AvgIpc) is 2.97. The maximum absolute atomic E-state index is 13.6. The van der Waals surface area contributed by atoms with Crippen LogP contribution in [0.15, 0.2) is 82.4 Å². The summed E-state index contributed by atoms with van der Waals surface area (Å²) in [6, 6.07) is 20.9. The SMILES string of the molecule is CCCN(CCC)C(=O)Cn1c(=O)n(Cc2ccc(C(=O)NCc3ccccc3Cl)cc2)c(=O)c2ccccc21. The number of nitrogens with one attached hydrogen (secondary N) is 1. The first-order chi connectivity index (χ1) is 19.3. The van der Waals surface area contributed by atoms with Crippen molar-refractivity contribution >= 4 is 34.3 Å². The highest BCUT2D eigenvalue weighted by molar-refractivity contribution is 6.31. The third kappa shape index (κ3) is 6.51. The minimum Gasteiger partial charge on any atom is -0.348 e. The van der Waals surface area contributed by atoms with E-state index in [1.54, 1.807) is 59.5 Å². The number of fused-ring (bicyclic) bond motifs is 1. The number of carbonyl (C=O) groups is 2. The second-order valence-electron chi connectivity index (χ2n) is 9.63. The lowest BCUT2D eigenvalue weighted by Gasteiger charge is -2.22. The van der Waals surface area contributed by atoms with Gasteiger partial charge in [-0.25, -0.2) is 4.79 Å². The van der Waals surface area contributed by atoms with Gasteiger partial charge in [-0.05, 0) is 54.3 Å². The topological polar surface area (TPSA) is 93.4 Å². The molecule has 0 bridgehead atoms. The maximum Gasteiger partial charge on any atom is 0.332 e. The molecule has 0 aliphatic heterocycles. The van der Waals surface area contributed by atoms with Crippen molar-refractivity contribution in [2.45, 2.75) is 46.3 Å². The van der Waals surface area contributed by atoms with Crippen LogP contribution in [0.25, 0.3) is 10.9 Å². The van der Waals surface area contributed by atoms with Crippen LogP contribution in [0, 0.1) is 0 Å². The molecule has 2 amide bonds. The Kier molecular flexibility index (Phi) is 9.56. The van der Waals surface area contributed by atoms with Crippen molar-refractivity contribution in [1.29, 1.82) is 0 Å². The van der Waals surface area contributed by atoms with Crippen LogP contribution in [0.1, 0.15) is 48.2 Å². The minimum atomic E-state index is -0.549. The second-order valence-corrected chi connectivity index (χ2v) is 10.0. The fraction of sp³-hybridized carbons (Fsp3) is 0.290. The van der Waals surface area contributed by atoms with Crippen LogP contribution in [-0.2, 0) is 24.4 Å². The zero-order valence-corrected chi connectivity index (χ0v) is 23.5. The Morgan fingerprint density at radius 3 is 2.17 bits per heavy atom. The molecule has 40 heavy (non-hydrogen) atoms. The monoisotopic (exact) mass is 560 g/mol. The van der Waals surface area contributed by atoms with Crippen molar-refractivity contribution in [3.63, 3.8) is 0 Å². The molecule has 0 saturated carbocycles. The van der Waals surface area contributed by atoms with Gasteiger partial charge in [-0.15, -0.1) is 0 Å². The third-order valence-electron chi connectivity index (χ3n) is 6.72. The van der Waals surface area contributed by atoms with E-state index in [1.165, 1.54) is 4.57 Å². The number of halogens is 1. The van der Waals surface area contributed by atoms with Gasteiger partial charge in [-0.1, -0.05) is 67.9 Å². The summed E-state index contributed by atoms with van der Waals surface area (Å²) in [5, 5.41) is 3.79. The van der Waals surface area contributed by atoms with Gasteiger partial charge >= 0.3 is 5.69 Å². The van der Waals surface area contributed by atoms with Gasteiger partial charge < -0.3 is 10.2 Å². The minimum absolute atomic E-state index is 0.00580. The van der Waals surface area contributed by atoms with E-state index in [1.807, 2.05) is 32.0 Å². The van der Waals surface area contributed by atoms with Gasteiger partial charge in [0.25, 0.3) is 11.5 Å². The summed E-state index contributed by atoms with van der Waals surface area (Å²) < 4.78 is 2.53. The molecule has 3 aromatic carbocycles. The Labute approximate surface area is 237 Å². The molecular weight excluding hydrogens is 528 g/mol. The number of carbonyl (C=O) groups excluding carboxylic acids is 2. The molecule has 4 rings (SSSR count). The molecule has 0 saturated heterocycles. The zero-order chi connectivity index (χ0) is 28.6. The largest absolute Gasteiger partial charge is 0.348 e. The van der Waals surface area contributed by atoms with E-state index in [4.69, 9.17) is 11.6 Å². The molecule has 9 heteroatoms. The Morgan fingerprint density at radius 1 is 0.850 bits per heavy atom. The molecule has 8 nitrogen and oxygen atoms in total. The number of para-hydroxylation sites is 1. The number of aromatic nitrogens is 2. The molecule has 0 unspecified atom stereocenters. The number of benzene rings is 3. The fourth-order valence-corrected chi connectivity index (χ4v) is 4.87. The first-order valence-corrected chi connectivity index (χ1v) is 13.8. The maximum atomic E-state index is 13.6. The van der Waals surface area contributed by atoms with Crippen LogP contribution in [0.4, 0.5) is 0 Å². The highest BCUT2D eigenvalue weighted by Gasteiger charge is 2.19. The number of nitrogens with zero attached hydrogens (tertiary/aromatic N) is 3. The van der Waals surface area contributed by atoms with Gasteiger partial charge in [-0.3, -0.25) is 23.5 Å². The molecule has 4 aromatic rings. The molecule has 0 fully saturated rings. The standard InChI is InChI=1S/C31H33ClN4O4/c1-3-17-34(18-4-2)28(37)21-35-27-12-8-6-10-25(27)30(39)36(31(35)40)20-22-13-15-23(16-14-22)29(38)33-19-24-9-5-7-11-26(24)32/h5-16H,3-4,17-21H2,1-2H3,(H,33,38). The molecule has 0 aliphatic rings. The van der Waals surface area contributed by atoms with E-state index < -0.39 is 11.2 Å². The smallest absolute Gasteiger partial charge is 0.332 e. The summed E-state index contributed by atoms with van der Waals surface area (Å²) in [7, 11) is 0. The average molecular weight is 561 g/mol. The van der Waals surface area contributed by atoms with E-state index in [0.29, 0.717) is 46.7 Å². The van der Waals surface area contributed by atoms with Crippen LogP contribution in [0.2, 0.25) is 5.02 Å². The molecule has 208 valence electrons. The zero-order valence-electron chi connectivity index (χ0n) is 22.7. The summed E-state index contributed by atoms with van der Waals surface area (Å²) in [4.78, 5) is 54.5. The number of rotatable bonds is 11. The van der Waals surface area contributed by atoms with Gasteiger partial charge in [0.05, 0.1) is 17.4 Å². The summed E-state index contributed by atoms with van der Waals surface area (Å²) in [6.45, 7) is 5.38. The van der Waals surface area contributed by atoms with Gasteiger partial charge in [0.2, 0.25) is 5.91 Å². The quantitative estimate of drug-likeness (QED) is 0.293. The lowest BCUT2D eigenvalue weighted by molar-refractivity contribution is -0.131. The first-order valence-electron chi connectivity index (χ1n) is 13.4. The van der Waals surface area contributed by atoms with Crippen LogP contribution < -0.4 is 16.6 Å². The van der Waals surface area contributed by atoms with Gasteiger partial charge in [-0.2, -0.15) is 0 Å². The van der Waals surface area contributed by atoms with Crippen molar-refractivity contribution < 1.29 is 9.59 Å². The van der Waals surface area contributed by atoms with Gasteiger partial charge in [0.15, 0.2) is 0 Å². The van der Waals surface area contributed by atoms with Gasteiger partial charge in [0.1, 0.15) is 6.54 Å².